The minimum Gasteiger partial charge on any atom is -0.507 e. The van der Waals surface area contributed by atoms with Gasteiger partial charge in [-0.05, 0) is 111 Å². The van der Waals surface area contributed by atoms with E-state index in [1.54, 1.807) is 6.08 Å². The van der Waals surface area contributed by atoms with Gasteiger partial charge in [0.2, 0.25) is 5.75 Å². The van der Waals surface area contributed by atoms with E-state index in [9.17, 15) is 20.1 Å². The van der Waals surface area contributed by atoms with Crippen molar-refractivity contribution in [3.8, 4) is 28.7 Å². The number of rotatable bonds is 4. The lowest BCUT2D eigenvalue weighted by molar-refractivity contribution is -0.202. The van der Waals surface area contributed by atoms with Crippen LogP contribution in [0.4, 0.5) is 0 Å². The maximum atomic E-state index is 14.2. The summed E-state index contributed by atoms with van der Waals surface area (Å²) < 4.78 is 20.9. The van der Waals surface area contributed by atoms with Crippen LogP contribution in [0.5, 0.6) is 28.7 Å². The van der Waals surface area contributed by atoms with Gasteiger partial charge in [0, 0.05) is 33.8 Å². The van der Waals surface area contributed by atoms with Crippen LogP contribution >= 0.6 is 0 Å². The molecule has 5 aliphatic carbocycles. The van der Waals surface area contributed by atoms with Gasteiger partial charge >= 0.3 is 0 Å². The fourth-order valence-electron chi connectivity index (χ4n) is 12.8. The fraction of sp³-hybridized carbons (Fsp3) is 0.638. The summed E-state index contributed by atoms with van der Waals surface area (Å²) in [5, 5.41) is 36.5. The summed E-state index contributed by atoms with van der Waals surface area (Å²) in [5.41, 5.74) is 2.02. The monoisotopic (exact) mass is 736 g/mol. The van der Waals surface area contributed by atoms with E-state index in [-0.39, 0.29) is 57.2 Å². The molecule has 7 nitrogen and oxygen atoms in total. The van der Waals surface area contributed by atoms with Gasteiger partial charge in [0.25, 0.3) is 0 Å². The van der Waals surface area contributed by atoms with Gasteiger partial charge in [-0.25, -0.2) is 0 Å². The van der Waals surface area contributed by atoms with Crippen LogP contribution in [0, 0.1) is 46.3 Å². The third-order valence-corrected chi connectivity index (χ3v) is 16.7. The molecule has 2 aromatic rings. The number of ether oxygens (including phenoxy) is 3. The molecule has 9 rings (SSSR count). The zero-order valence-electron chi connectivity index (χ0n) is 33.9. The first kappa shape index (κ1) is 36.2. The van der Waals surface area contributed by atoms with E-state index >= 15 is 0 Å². The molecule has 3 unspecified atom stereocenters. The Labute approximate surface area is 320 Å². The summed E-state index contributed by atoms with van der Waals surface area (Å²) in [7, 11) is 0. The third-order valence-electron chi connectivity index (χ3n) is 16.7. The summed E-state index contributed by atoms with van der Waals surface area (Å²) >= 11 is 0. The summed E-state index contributed by atoms with van der Waals surface area (Å²) in [4.78, 5) is 14.2. The van der Waals surface area contributed by atoms with Crippen LogP contribution in [0.3, 0.4) is 0 Å². The number of phenols is 2. The van der Waals surface area contributed by atoms with Crippen molar-refractivity contribution in [2.24, 2.45) is 46.3 Å². The number of hydrogen-bond donors (Lipinski definition) is 3. The zero-order valence-corrected chi connectivity index (χ0v) is 33.9. The average Bonchev–Trinajstić information content (AvgIpc) is 3.57. The molecular formula is C47H60O7. The van der Waals surface area contributed by atoms with E-state index in [2.05, 4.69) is 59.8 Å². The molecule has 3 N–H and O–H groups in total. The molecule has 11 atom stereocenters. The average molecular weight is 737 g/mol. The number of carbonyl (C=O) groups excluding carboxylic acids is 1. The number of fused-ring (bicyclic) bond motifs is 8. The molecule has 2 heterocycles. The predicted molar refractivity (Wildman–Crippen MR) is 212 cm³/mol. The van der Waals surface area contributed by atoms with Gasteiger partial charge in [-0.15, -0.1) is 0 Å². The van der Waals surface area contributed by atoms with E-state index in [1.807, 2.05) is 27.7 Å². The highest BCUT2D eigenvalue weighted by Crippen LogP contribution is 2.71. The van der Waals surface area contributed by atoms with Gasteiger partial charge in [-0.2, -0.15) is 0 Å². The molecule has 0 bridgehead atoms. The van der Waals surface area contributed by atoms with Crippen LogP contribution in [-0.4, -0.2) is 45.0 Å². The molecule has 0 aromatic heterocycles. The molecular weight excluding hydrogens is 677 g/mol. The maximum Gasteiger partial charge on any atom is 0.205 e. The van der Waals surface area contributed by atoms with E-state index in [0.29, 0.717) is 64.7 Å². The second-order valence-corrected chi connectivity index (χ2v) is 19.9. The second kappa shape index (κ2) is 11.6. The van der Waals surface area contributed by atoms with Crippen molar-refractivity contribution in [1.29, 1.82) is 0 Å². The predicted octanol–water partition coefficient (Wildman–Crippen LogP) is 10.2. The molecule has 0 amide bonds. The highest BCUT2D eigenvalue weighted by molar-refractivity contribution is 6.27. The van der Waals surface area contributed by atoms with Gasteiger partial charge in [0.15, 0.2) is 29.0 Å². The molecule has 7 aliphatic rings. The van der Waals surface area contributed by atoms with E-state index in [0.717, 1.165) is 31.3 Å². The standard InChI is InChI=1S/C47H60O7/c1-22(2)23(3)11-12-24(4)29-13-14-30-28-20-33-47(21-27(48)15-18-46(47,10)31(28)16-17-45(29,30)9)54-43-40(51)37-36-34(25(5)19-32(49)35(36)42(43)53-33)41-38(39(37)50)44(7,8)26(6)52-41/h11-12,19-20,22-24,26-27,29-31,33,48,50-51H,13-18,21H2,1-10H3/b12-11+/t23-,24+,26?,27-,29+,30?,31?,33-,45+,46+,47-/m0/s1. The first-order valence-corrected chi connectivity index (χ1v) is 20.8. The van der Waals surface area contributed by atoms with Crippen LogP contribution in [0.25, 0.3) is 16.3 Å². The molecule has 1 spiro atoms. The number of benzene rings is 2. The zero-order chi connectivity index (χ0) is 38.6. The topological polar surface area (TPSA) is 105 Å². The number of hydrogen-bond acceptors (Lipinski definition) is 7. The normalized spacial score (nSPS) is 38.2. The van der Waals surface area contributed by atoms with Crippen molar-refractivity contribution in [2.75, 3.05) is 0 Å². The van der Waals surface area contributed by atoms with Crippen LogP contribution in [0.2, 0.25) is 0 Å². The van der Waals surface area contributed by atoms with Crippen molar-refractivity contribution in [2.45, 2.75) is 144 Å². The quantitative estimate of drug-likeness (QED) is 0.268. The number of ketones is 1. The molecule has 3 saturated carbocycles. The third kappa shape index (κ3) is 4.42. The Balaban J connectivity index is 1.21. The number of carbonyl (C=O) groups is 1. The lowest BCUT2D eigenvalue weighted by atomic mass is 9.45. The first-order valence-electron chi connectivity index (χ1n) is 20.8. The summed E-state index contributed by atoms with van der Waals surface area (Å²) in [6, 6.07) is 0. The van der Waals surface area contributed by atoms with Crippen LogP contribution < -0.4 is 14.2 Å². The Hall–Kier alpha value is -3.45. The largest absolute Gasteiger partial charge is 0.507 e. The Morgan fingerprint density at radius 3 is 2.31 bits per heavy atom. The summed E-state index contributed by atoms with van der Waals surface area (Å²) in [5.74, 6) is 3.18. The minimum absolute atomic E-state index is 0.0901. The molecule has 3 fully saturated rings. The van der Waals surface area contributed by atoms with Gasteiger partial charge in [-0.3, -0.25) is 4.79 Å². The maximum absolute atomic E-state index is 14.2. The van der Waals surface area contributed by atoms with Gasteiger partial charge in [-0.1, -0.05) is 73.1 Å². The van der Waals surface area contributed by atoms with Crippen LogP contribution in [0.1, 0.15) is 136 Å². The summed E-state index contributed by atoms with van der Waals surface area (Å²) in [6.07, 6.45) is 13.7. The number of aliphatic hydroxyl groups excluding tert-OH is 1. The Morgan fingerprint density at radius 2 is 1.59 bits per heavy atom. The fourth-order valence-corrected chi connectivity index (χ4v) is 12.8. The van der Waals surface area contributed by atoms with Crippen molar-refractivity contribution < 1.29 is 34.3 Å². The van der Waals surface area contributed by atoms with Crippen LogP contribution in [0.15, 0.2) is 29.9 Å². The smallest absolute Gasteiger partial charge is 0.205 e. The second-order valence-electron chi connectivity index (χ2n) is 19.9. The molecule has 0 radical (unpaired) electrons. The van der Waals surface area contributed by atoms with Crippen molar-refractivity contribution >= 4 is 22.1 Å². The lowest BCUT2D eigenvalue weighted by Gasteiger charge is -2.64. The number of allylic oxidation sites excluding steroid dienone is 5. The van der Waals surface area contributed by atoms with E-state index in [1.165, 1.54) is 12.0 Å². The molecule has 0 saturated heterocycles. The summed E-state index contributed by atoms with van der Waals surface area (Å²) in [6.45, 7) is 22.1. The Bertz CT molecular complexity index is 2090. The highest BCUT2D eigenvalue weighted by atomic mass is 16.6. The van der Waals surface area contributed by atoms with E-state index in [4.69, 9.17) is 14.2 Å². The van der Waals surface area contributed by atoms with Crippen molar-refractivity contribution in [3.05, 3.63) is 46.6 Å². The Kier molecular flexibility index (Phi) is 7.74. The van der Waals surface area contributed by atoms with Gasteiger partial charge in [0.05, 0.1) is 17.1 Å². The molecule has 290 valence electrons. The number of aromatic hydroxyl groups is 2. The molecule has 7 heteroatoms. The lowest BCUT2D eigenvalue weighted by Crippen LogP contribution is -2.70. The molecule has 54 heavy (non-hydrogen) atoms. The van der Waals surface area contributed by atoms with Crippen molar-refractivity contribution in [1.82, 2.24) is 0 Å². The molecule has 2 aromatic carbocycles. The van der Waals surface area contributed by atoms with Gasteiger partial charge in [0.1, 0.15) is 17.6 Å². The minimum atomic E-state index is -0.978. The van der Waals surface area contributed by atoms with Crippen LogP contribution in [-0.2, 0) is 5.41 Å². The van der Waals surface area contributed by atoms with Crippen molar-refractivity contribution in [3.63, 3.8) is 0 Å². The number of phenolic OH excluding ortho intramolecular Hbond substituents is 2. The molecule has 2 aliphatic heterocycles. The number of aliphatic hydroxyl groups is 1. The highest BCUT2D eigenvalue weighted by Gasteiger charge is 2.69. The van der Waals surface area contributed by atoms with E-state index < -0.39 is 28.6 Å². The SMILES string of the molecule is CC1=CC(=O)c2c3c(c(O)c4c(O)c5c(c1c24)OC(C)C5(C)C)O[C@]12C[C@@H](O)CC[C@]1(C)C1CC[C@@]4(C)C(CC[C@@H]4[C@H](C)/C=C/[C@H](C)C(C)C)C1=C[C@@H]2O3. The Morgan fingerprint density at radius 1 is 0.852 bits per heavy atom. The first-order chi connectivity index (χ1) is 25.4. The van der Waals surface area contributed by atoms with Gasteiger partial charge < -0.3 is 29.5 Å².